The molecule has 2 amide bonds. The molecule has 8 rings (SSSR count). The number of urea groups is 1. The molecule has 3 unspecified atom stereocenters. The van der Waals surface area contributed by atoms with E-state index in [1.54, 1.807) is 18.2 Å². The predicted molar refractivity (Wildman–Crippen MR) is 178 cm³/mol. The fraction of sp³-hybridized carbons (Fsp3) is 0.472. The van der Waals surface area contributed by atoms with Gasteiger partial charge in [0.15, 0.2) is 5.82 Å². The van der Waals surface area contributed by atoms with Gasteiger partial charge in [0.1, 0.15) is 23.7 Å². The van der Waals surface area contributed by atoms with E-state index in [1.807, 2.05) is 35.2 Å². The Kier molecular flexibility index (Phi) is 7.97. The molecule has 4 aromatic rings. The van der Waals surface area contributed by atoms with Crippen molar-refractivity contribution in [1.29, 1.82) is 0 Å². The highest BCUT2D eigenvalue weighted by molar-refractivity contribution is 6.01. The summed E-state index contributed by atoms with van der Waals surface area (Å²) in [4.78, 5) is 29.6. The normalized spacial score (nSPS) is 24.7. The Morgan fingerprint density at radius 3 is 2.72 bits per heavy atom. The molecule has 3 aromatic carbocycles. The number of likely N-dealkylation sites (tertiary alicyclic amines) is 1. The number of phenols is 1. The molecule has 0 saturated carbocycles. The first-order valence-corrected chi connectivity index (χ1v) is 16.9. The van der Waals surface area contributed by atoms with Crippen molar-refractivity contribution in [3.8, 4) is 22.9 Å². The van der Waals surface area contributed by atoms with Gasteiger partial charge in [-0.25, -0.2) is 9.18 Å². The number of halogens is 1. The molecule has 2 bridgehead atoms. The van der Waals surface area contributed by atoms with Crippen LogP contribution in [-0.4, -0.2) is 102 Å². The van der Waals surface area contributed by atoms with E-state index in [0.717, 1.165) is 55.8 Å². The van der Waals surface area contributed by atoms with Crippen LogP contribution in [-0.2, 0) is 4.74 Å². The van der Waals surface area contributed by atoms with E-state index in [2.05, 4.69) is 27.1 Å². The van der Waals surface area contributed by atoms with Gasteiger partial charge in [0.05, 0.1) is 18.7 Å². The summed E-state index contributed by atoms with van der Waals surface area (Å²) < 4.78 is 28.5. The lowest BCUT2D eigenvalue weighted by Gasteiger charge is -2.30. The van der Waals surface area contributed by atoms with E-state index >= 15 is 4.39 Å². The molecule has 10 nitrogen and oxygen atoms in total. The Hall–Kier alpha value is -4.22. The maximum atomic E-state index is 16.8. The van der Waals surface area contributed by atoms with Gasteiger partial charge in [0.2, 0.25) is 0 Å². The first-order chi connectivity index (χ1) is 22.9. The summed E-state index contributed by atoms with van der Waals surface area (Å²) in [5.74, 6) is 0.203. The molecule has 4 saturated heterocycles. The molecule has 4 aliphatic heterocycles. The second-order valence-electron chi connectivity index (χ2n) is 13.5. The first-order valence-electron chi connectivity index (χ1n) is 16.9. The van der Waals surface area contributed by atoms with E-state index in [4.69, 9.17) is 14.5 Å². The molecule has 246 valence electrons. The van der Waals surface area contributed by atoms with Crippen LogP contribution in [0.15, 0.2) is 48.5 Å². The fourth-order valence-electron chi connectivity index (χ4n) is 8.01. The minimum atomic E-state index is -0.485. The third kappa shape index (κ3) is 5.69. The van der Waals surface area contributed by atoms with Gasteiger partial charge in [0.25, 0.3) is 0 Å². The van der Waals surface area contributed by atoms with Gasteiger partial charge in [-0.3, -0.25) is 0 Å². The van der Waals surface area contributed by atoms with Crippen LogP contribution in [0.5, 0.6) is 11.8 Å². The van der Waals surface area contributed by atoms with Crippen LogP contribution in [0, 0.1) is 5.82 Å². The molecule has 5 heterocycles. The average molecular weight is 641 g/mol. The third-order valence-electron chi connectivity index (χ3n) is 10.6. The van der Waals surface area contributed by atoms with Gasteiger partial charge in [-0.15, -0.1) is 0 Å². The van der Waals surface area contributed by atoms with Crippen molar-refractivity contribution >= 4 is 33.5 Å². The van der Waals surface area contributed by atoms with Gasteiger partial charge in [-0.1, -0.05) is 30.3 Å². The fourth-order valence-corrected chi connectivity index (χ4v) is 8.01. The number of amides is 2. The lowest BCUT2D eigenvalue weighted by molar-refractivity contribution is 0.165. The summed E-state index contributed by atoms with van der Waals surface area (Å²) in [6, 6.07) is 15.1. The van der Waals surface area contributed by atoms with Crippen LogP contribution in [0.25, 0.3) is 32.8 Å². The second-order valence-corrected chi connectivity index (χ2v) is 13.5. The van der Waals surface area contributed by atoms with Crippen molar-refractivity contribution < 1.29 is 23.8 Å². The SMILES string of the molecule is CN1CCC[C@H]1COc1nc(N2CCC3CCC(C2)N3C(=O)NC2CCOC2)c2ccc(-c3cc(O)cc4ccccc34)c(F)c2n1. The molecule has 4 aliphatic rings. The average Bonchev–Trinajstić information content (AvgIpc) is 3.80. The highest BCUT2D eigenvalue weighted by atomic mass is 19.1. The zero-order valence-corrected chi connectivity index (χ0v) is 26.7. The van der Waals surface area contributed by atoms with Crippen molar-refractivity contribution in [2.75, 3.05) is 51.4 Å². The minimum absolute atomic E-state index is 0.00845. The number of likely N-dealkylation sites (N-methyl/N-ethyl adjacent to an activating group) is 1. The summed E-state index contributed by atoms with van der Waals surface area (Å²) in [6.45, 7) is 3.93. The highest BCUT2D eigenvalue weighted by Crippen LogP contribution is 2.40. The maximum Gasteiger partial charge on any atom is 0.319 e. The van der Waals surface area contributed by atoms with Crippen LogP contribution < -0.4 is 15.0 Å². The van der Waals surface area contributed by atoms with Crippen LogP contribution >= 0.6 is 0 Å². The molecule has 11 heteroatoms. The molecule has 2 N–H and O–H groups in total. The number of nitrogens with zero attached hydrogens (tertiary/aromatic N) is 5. The number of nitrogens with one attached hydrogen (secondary N) is 1. The molecule has 4 atom stereocenters. The van der Waals surface area contributed by atoms with Gasteiger partial charge in [0, 0.05) is 42.7 Å². The minimum Gasteiger partial charge on any atom is -0.508 e. The first kappa shape index (κ1) is 30.1. The van der Waals surface area contributed by atoms with Gasteiger partial charge in [-0.2, -0.15) is 9.97 Å². The number of rotatable bonds is 6. The van der Waals surface area contributed by atoms with Gasteiger partial charge >= 0.3 is 12.0 Å². The van der Waals surface area contributed by atoms with Crippen molar-refractivity contribution in [1.82, 2.24) is 25.1 Å². The number of carbonyl (C=O) groups is 1. The molecule has 0 radical (unpaired) electrons. The molecule has 4 fully saturated rings. The molecule has 1 aromatic heterocycles. The molecular weight excluding hydrogens is 599 g/mol. The van der Waals surface area contributed by atoms with Gasteiger partial charge < -0.3 is 34.6 Å². The Bertz CT molecular complexity index is 1820. The second kappa shape index (κ2) is 12.4. The van der Waals surface area contributed by atoms with Crippen molar-refractivity contribution in [2.24, 2.45) is 0 Å². The van der Waals surface area contributed by atoms with Crippen LogP contribution in [0.4, 0.5) is 15.0 Å². The summed E-state index contributed by atoms with van der Waals surface area (Å²) in [6.07, 6.45) is 5.63. The lowest BCUT2D eigenvalue weighted by atomic mass is 9.96. The van der Waals surface area contributed by atoms with E-state index in [1.165, 1.54) is 0 Å². The van der Waals surface area contributed by atoms with E-state index in [0.29, 0.717) is 55.2 Å². The highest BCUT2D eigenvalue weighted by Gasteiger charge is 2.41. The molecule has 0 aliphatic carbocycles. The quantitative estimate of drug-likeness (QED) is 0.293. The number of benzene rings is 3. The third-order valence-corrected chi connectivity index (χ3v) is 10.6. The zero-order chi connectivity index (χ0) is 32.1. The number of fused-ring (bicyclic) bond motifs is 4. The van der Waals surface area contributed by atoms with E-state index in [9.17, 15) is 9.90 Å². The van der Waals surface area contributed by atoms with Crippen LogP contribution in [0.2, 0.25) is 0 Å². The predicted octanol–water partition coefficient (Wildman–Crippen LogP) is 5.31. The maximum absolute atomic E-state index is 16.8. The summed E-state index contributed by atoms with van der Waals surface area (Å²) >= 11 is 0. The summed E-state index contributed by atoms with van der Waals surface area (Å²) in [5.41, 5.74) is 1.13. The van der Waals surface area contributed by atoms with E-state index < -0.39 is 5.82 Å². The largest absolute Gasteiger partial charge is 0.508 e. The number of hydrogen-bond donors (Lipinski definition) is 2. The summed E-state index contributed by atoms with van der Waals surface area (Å²) in [7, 11) is 2.09. The monoisotopic (exact) mass is 640 g/mol. The zero-order valence-electron chi connectivity index (χ0n) is 26.7. The Balaban J connectivity index is 1.17. The number of carbonyl (C=O) groups excluding carboxylic acids is 1. The van der Waals surface area contributed by atoms with Crippen LogP contribution in [0.3, 0.4) is 0 Å². The Morgan fingerprint density at radius 2 is 1.89 bits per heavy atom. The smallest absolute Gasteiger partial charge is 0.319 e. The number of hydrogen-bond acceptors (Lipinski definition) is 8. The molecule has 47 heavy (non-hydrogen) atoms. The number of ether oxygens (including phenoxy) is 2. The van der Waals surface area contributed by atoms with Crippen LogP contribution in [0.1, 0.15) is 38.5 Å². The number of anilines is 1. The topological polar surface area (TPSA) is 103 Å². The molecule has 0 spiro atoms. The standard InChI is InChI=1S/C36H41FN6O4/c1-41-14-4-6-26(41)21-47-35-39-33-30(11-10-29(32(33)37)31-18-27(44)17-22-5-2-3-7-28(22)31)34(40-35)42-15-12-24-8-9-25(19-42)43(24)36(45)38-23-13-16-46-20-23/h2-3,5,7,10-11,17-18,23-26,44H,4,6,8-9,12-16,19-21H2,1H3,(H,38,45)/t23?,24?,25?,26-/m0/s1. The van der Waals surface area contributed by atoms with E-state index in [-0.39, 0.29) is 47.5 Å². The van der Waals surface area contributed by atoms with Crippen molar-refractivity contribution in [3.63, 3.8) is 0 Å². The number of phenolic OH excluding ortho intramolecular Hbond substituents is 1. The van der Waals surface area contributed by atoms with Crippen molar-refractivity contribution in [3.05, 3.63) is 54.3 Å². The number of aromatic hydroxyl groups is 1. The van der Waals surface area contributed by atoms with Crippen molar-refractivity contribution in [2.45, 2.75) is 62.7 Å². The number of aromatic nitrogens is 2. The Labute approximate surface area is 273 Å². The molecular formula is C36H41FN6O4. The summed E-state index contributed by atoms with van der Waals surface area (Å²) in [5, 5.41) is 16.0. The lowest BCUT2D eigenvalue weighted by Crippen LogP contribution is -2.51. The van der Waals surface area contributed by atoms with Gasteiger partial charge in [-0.05, 0) is 86.7 Å². The Morgan fingerprint density at radius 1 is 1.02 bits per heavy atom.